The van der Waals surface area contributed by atoms with Crippen LogP contribution in [0, 0.1) is 0 Å². The van der Waals surface area contributed by atoms with Gasteiger partial charge in [0.15, 0.2) is 5.82 Å². The molecule has 3 aromatic heterocycles. The molecule has 0 radical (unpaired) electrons. The number of pyridine rings is 1. The monoisotopic (exact) mass is 385 g/mol. The first kappa shape index (κ1) is 14.3. The van der Waals surface area contributed by atoms with Crippen LogP contribution in [0.1, 0.15) is 5.82 Å². The van der Waals surface area contributed by atoms with Crippen LogP contribution in [0.4, 0.5) is 5.69 Å². The van der Waals surface area contributed by atoms with Gasteiger partial charge in [-0.05, 0) is 35.7 Å². The summed E-state index contributed by atoms with van der Waals surface area (Å²) in [5.74, 6) is 1.54. The molecule has 0 saturated carbocycles. The number of halogens is 1. The van der Waals surface area contributed by atoms with Crippen LogP contribution in [0.15, 0.2) is 52.4 Å². The molecule has 0 aliphatic carbocycles. The molecule has 1 aromatic carbocycles. The Hall–Kier alpha value is -2.25. The molecule has 0 unspecified atom stereocenters. The summed E-state index contributed by atoms with van der Waals surface area (Å²) in [4.78, 5) is 9.97. The van der Waals surface area contributed by atoms with E-state index >= 15 is 0 Å². The lowest BCUT2D eigenvalue weighted by Crippen LogP contribution is -2.02. The van der Waals surface area contributed by atoms with Crippen LogP contribution in [-0.4, -0.2) is 20.2 Å². The highest BCUT2D eigenvalue weighted by molar-refractivity contribution is 9.10. The molecule has 0 spiro atoms. The molecule has 0 aliphatic rings. The van der Waals surface area contributed by atoms with Crippen molar-refractivity contribution < 1.29 is 0 Å². The Morgan fingerprint density at radius 2 is 2.17 bits per heavy atom. The molecule has 3 heterocycles. The van der Waals surface area contributed by atoms with E-state index in [1.54, 1.807) is 17.5 Å². The number of benzene rings is 1. The SMILES string of the molecule is Brc1ccc2c(NCc3nc(-c4cccs4)n[nH]3)ccnc2c1. The quantitative estimate of drug-likeness (QED) is 0.544. The molecular formula is C16H12BrN5S. The van der Waals surface area contributed by atoms with E-state index in [1.165, 1.54) is 0 Å². The van der Waals surface area contributed by atoms with Gasteiger partial charge in [0, 0.05) is 21.7 Å². The van der Waals surface area contributed by atoms with Gasteiger partial charge in [-0.25, -0.2) is 4.98 Å². The first-order valence-electron chi connectivity index (χ1n) is 7.03. The smallest absolute Gasteiger partial charge is 0.191 e. The third-order valence-corrected chi connectivity index (χ3v) is 4.78. The van der Waals surface area contributed by atoms with Gasteiger partial charge >= 0.3 is 0 Å². The van der Waals surface area contributed by atoms with E-state index in [0.717, 1.165) is 37.6 Å². The first-order valence-corrected chi connectivity index (χ1v) is 8.70. The van der Waals surface area contributed by atoms with Crippen LogP contribution in [0.2, 0.25) is 0 Å². The lowest BCUT2D eigenvalue weighted by molar-refractivity contribution is 0.956. The van der Waals surface area contributed by atoms with Gasteiger partial charge in [0.1, 0.15) is 5.82 Å². The predicted molar refractivity (Wildman–Crippen MR) is 96.5 cm³/mol. The van der Waals surface area contributed by atoms with Crippen LogP contribution in [0.5, 0.6) is 0 Å². The van der Waals surface area contributed by atoms with Gasteiger partial charge in [-0.3, -0.25) is 10.1 Å². The number of nitrogens with zero attached hydrogens (tertiary/aromatic N) is 3. The maximum absolute atomic E-state index is 4.52. The van der Waals surface area contributed by atoms with Crippen molar-refractivity contribution in [1.82, 2.24) is 20.2 Å². The summed E-state index contributed by atoms with van der Waals surface area (Å²) in [6.45, 7) is 0.577. The molecule has 0 bridgehead atoms. The summed E-state index contributed by atoms with van der Waals surface area (Å²) in [5.41, 5.74) is 1.97. The molecule has 0 amide bonds. The molecule has 0 aliphatic heterocycles. The molecule has 4 aromatic rings. The third kappa shape index (κ3) is 2.97. The van der Waals surface area contributed by atoms with Crippen LogP contribution >= 0.6 is 27.3 Å². The lowest BCUT2D eigenvalue weighted by Gasteiger charge is -2.08. The molecule has 2 N–H and O–H groups in total. The molecule has 4 rings (SSSR count). The predicted octanol–water partition coefficient (Wildman–Crippen LogP) is 4.46. The number of thiophene rings is 1. The fraction of sp³-hybridized carbons (Fsp3) is 0.0625. The molecular weight excluding hydrogens is 374 g/mol. The molecule has 114 valence electrons. The van der Waals surface area contributed by atoms with Crippen molar-refractivity contribution in [3.8, 4) is 10.7 Å². The fourth-order valence-corrected chi connectivity index (χ4v) is 3.35. The number of fused-ring (bicyclic) bond motifs is 1. The van der Waals surface area contributed by atoms with E-state index in [0.29, 0.717) is 6.54 Å². The van der Waals surface area contributed by atoms with Gasteiger partial charge in [0.2, 0.25) is 0 Å². The zero-order valence-electron chi connectivity index (χ0n) is 12.0. The Kier molecular flexibility index (Phi) is 3.80. The second-order valence-electron chi connectivity index (χ2n) is 4.96. The third-order valence-electron chi connectivity index (χ3n) is 3.42. The second-order valence-corrected chi connectivity index (χ2v) is 6.82. The molecule has 5 nitrogen and oxygen atoms in total. The van der Waals surface area contributed by atoms with Crippen LogP contribution in [0.25, 0.3) is 21.6 Å². The fourth-order valence-electron chi connectivity index (χ4n) is 2.34. The van der Waals surface area contributed by atoms with Crippen molar-refractivity contribution in [3.05, 3.63) is 58.3 Å². The zero-order valence-corrected chi connectivity index (χ0v) is 14.4. The number of H-pyrrole nitrogens is 1. The number of rotatable bonds is 4. The van der Waals surface area contributed by atoms with Gasteiger partial charge in [-0.15, -0.1) is 11.3 Å². The average molecular weight is 386 g/mol. The maximum atomic E-state index is 4.52. The molecule has 0 saturated heterocycles. The van der Waals surface area contributed by atoms with Crippen molar-refractivity contribution in [3.63, 3.8) is 0 Å². The summed E-state index contributed by atoms with van der Waals surface area (Å²) in [6, 6.07) is 12.0. The first-order chi connectivity index (χ1) is 11.3. The highest BCUT2D eigenvalue weighted by atomic mass is 79.9. The average Bonchev–Trinajstić information content (AvgIpc) is 3.23. The van der Waals surface area contributed by atoms with Crippen molar-refractivity contribution in [2.45, 2.75) is 6.54 Å². The van der Waals surface area contributed by atoms with E-state index in [2.05, 4.69) is 41.4 Å². The Balaban J connectivity index is 1.55. The number of anilines is 1. The topological polar surface area (TPSA) is 66.5 Å². The largest absolute Gasteiger partial charge is 0.377 e. The maximum Gasteiger partial charge on any atom is 0.191 e. The Morgan fingerprint density at radius 1 is 1.22 bits per heavy atom. The number of hydrogen-bond acceptors (Lipinski definition) is 5. The van der Waals surface area contributed by atoms with Crippen molar-refractivity contribution in [1.29, 1.82) is 0 Å². The van der Waals surface area contributed by atoms with Crippen molar-refractivity contribution in [2.24, 2.45) is 0 Å². The van der Waals surface area contributed by atoms with Crippen LogP contribution in [0.3, 0.4) is 0 Å². The van der Waals surface area contributed by atoms with E-state index in [1.807, 2.05) is 41.8 Å². The van der Waals surface area contributed by atoms with E-state index < -0.39 is 0 Å². The number of aromatic nitrogens is 4. The number of aromatic amines is 1. The molecule has 0 atom stereocenters. The van der Waals surface area contributed by atoms with Gasteiger partial charge in [-0.1, -0.05) is 22.0 Å². The highest BCUT2D eigenvalue weighted by Crippen LogP contribution is 2.25. The van der Waals surface area contributed by atoms with Crippen LogP contribution in [-0.2, 0) is 6.54 Å². The minimum Gasteiger partial charge on any atom is -0.377 e. The second kappa shape index (κ2) is 6.10. The summed E-state index contributed by atoms with van der Waals surface area (Å²) >= 11 is 5.10. The Bertz CT molecular complexity index is 948. The van der Waals surface area contributed by atoms with Crippen molar-refractivity contribution >= 4 is 43.9 Å². The Labute approximate surface area is 144 Å². The van der Waals surface area contributed by atoms with E-state index in [9.17, 15) is 0 Å². The van der Waals surface area contributed by atoms with Gasteiger partial charge in [0.25, 0.3) is 0 Å². The number of hydrogen-bond donors (Lipinski definition) is 2. The summed E-state index contributed by atoms with van der Waals surface area (Å²) in [5, 5.41) is 13.7. The minimum absolute atomic E-state index is 0.577. The highest BCUT2D eigenvalue weighted by Gasteiger charge is 2.07. The van der Waals surface area contributed by atoms with Gasteiger partial charge in [0.05, 0.1) is 16.9 Å². The lowest BCUT2D eigenvalue weighted by atomic mass is 10.2. The van der Waals surface area contributed by atoms with Crippen LogP contribution < -0.4 is 5.32 Å². The minimum atomic E-state index is 0.577. The van der Waals surface area contributed by atoms with Crippen molar-refractivity contribution in [2.75, 3.05) is 5.32 Å². The molecule has 7 heteroatoms. The zero-order chi connectivity index (χ0) is 15.6. The summed E-state index contributed by atoms with van der Waals surface area (Å²) in [6.07, 6.45) is 1.80. The van der Waals surface area contributed by atoms with Gasteiger partial charge in [-0.2, -0.15) is 5.10 Å². The number of nitrogens with one attached hydrogen (secondary N) is 2. The normalized spacial score (nSPS) is 11.0. The Morgan fingerprint density at radius 3 is 3.04 bits per heavy atom. The van der Waals surface area contributed by atoms with E-state index in [4.69, 9.17) is 0 Å². The molecule has 0 fully saturated rings. The standard InChI is InChI=1S/C16H12BrN5S/c17-10-3-4-11-12(5-6-18-13(11)8-10)19-9-15-20-16(22-21-15)14-2-1-7-23-14/h1-8H,9H2,(H,18,19)(H,20,21,22). The molecule has 23 heavy (non-hydrogen) atoms. The summed E-state index contributed by atoms with van der Waals surface area (Å²) < 4.78 is 1.02. The summed E-state index contributed by atoms with van der Waals surface area (Å²) in [7, 11) is 0. The van der Waals surface area contributed by atoms with E-state index in [-0.39, 0.29) is 0 Å². The van der Waals surface area contributed by atoms with Gasteiger partial charge < -0.3 is 5.32 Å².